The van der Waals surface area contributed by atoms with Crippen LogP contribution in [0.25, 0.3) is 22.9 Å². The maximum absolute atomic E-state index is 12.4. The summed E-state index contributed by atoms with van der Waals surface area (Å²) in [6.07, 6.45) is 1.24. The molecule has 0 aliphatic rings. The minimum atomic E-state index is -0.247. The van der Waals surface area contributed by atoms with Crippen molar-refractivity contribution in [3.8, 4) is 6.07 Å². The highest BCUT2D eigenvalue weighted by atomic mass is 16.1. The number of hydrogen-bond donors (Lipinski definition) is 1. The molecule has 92 valence electrons. The summed E-state index contributed by atoms with van der Waals surface area (Å²) in [6.45, 7) is 1.71. The van der Waals surface area contributed by atoms with Gasteiger partial charge < -0.3 is 5.73 Å². The minimum absolute atomic E-state index is 0.247. The molecule has 3 rings (SSSR count). The quantitative estimate of drug-likeness (QED) is 0.627. The minimum Gasteiger partial charge on any atom is -0.404 e. The van der Waals surface area contributed by atoms with Crippen LogP contribution in [-0.2, 0) is 0 Å². The highest BCUT2D eigenvalue weighted by Crippen LogP contribution is 2.17. The zero-order valence-electron chi connectivity index (χ0n) is 10.2. The van der Waals surface area contributed by atoms with Gasteiger partial charge in [-0.25, -0.2) is 4.98 Å². The predicted molar refractivity (Wildman–Crippen MR) is 72.3 cm³/mol. The average Bonchev–Trinajstić information content (AvgIpc) is 2.79. The van der Waals surface area contributed by atoms with Crippen LogP contribution in [-0.4, -0.2) is 9.38 Å². The summed E-state index contributed by atoms with van der Waals surface area (Å²) in [6, 6.07) is 9.38. The van der Waals surface area contributed by atoms with Gasteiger partial charge in [-0.2, -0.15) is 5.26 Å². The first-order valence-corrected chi connectivity index (χ1v) is 5.75. The lowest BCUT2D eigenvalue weighted by molar-refractivity contribution is 1.09. The summed E-state index contributed by atoms with van der Waals surface area (Å²) >= 11 is 0. The van der Waals surface area contributed by atoms with Crippen LogP contribution in [0, 0.1) is 18.3 Å². The number of pyridine rings is 1. The van der Waals surface area contributed by atoms with E-state index in [-0.39, 0.29) is 5.56 Å². The number of nitriles is 1. The second kappa shape index (κ2) is 3.82. The molecule has 0 bridgehead atoms. The molecule has 0 amide bonds. The first-order valence-electron chi connectivity index (χ1n) is 5.75. The molecule has 0 radical (unpaired) electrons. The Bertz CT molecular complexity index is 963. The Balaban J connectivity index is 2.78. The fraction of sp³-hybridized carbons (Fsp3) is 0.0714. The summed E-state index contributed by atoms with van der Waals surface area (Å²) in [4.78, 5) is 16.8. The molecule has 19 heavy (non-hydrogen) atoms. The predicted octanol–water partition coefficient (Wildman–Crippen LogP) is 0.443. The van der Waals surface area contributed by atoms with Crippen LogP contribution in [0.5, 0.6) is 0 Å². The third kappa shape index (κ3) is 1.34. The molecule has 0 saturated heterocycles. The number of para-hydroxylation sites is 2. The highest BCUT2D eigenvalue weighted by Gasteiger charge is 2.15. The van der Waals surface area contributed by atoms with E-state index in [0.717, 1.165) is 0 Å². The van der Waals surface area contributed by atoms with Gasteiger partial charge in [0, 0.05) is 6.20 Å². The lowest BCUT2D eigenvalue weighted by atomic mass is 10.1. The summed E-state index contributed by atoms with van der Waals surface area (Å²) in [7, 11) is 0. The van der Waals surface area contributed by atoms with Crippen LogP contribution in [0.1, 0.15) is 11.1 Å². The van der Waals surface area contributed by atoms with E-state index in [9.17, 15) is 10.1 Å². The van der Waals surface area contributed by atoms with Crippen molar-refractivity contribution in [2.45, 2.75) is 6.92 Å². The van der Waals surface area contributed by atoms with Crippen molar-refractivity contribution < 1.29 is 0 Å². The first kappa shape index (κ1) is 11.2. The number of rotatable bonds is 0. The topological polar surface area (TPSA) is 84.2 Å². The van der Waals surface area contributed by atoms with Crippen molar-refractivity contribution in [1.82, 2.24) is 9.38 Å². The van der Waals surface area contributed by atoms with Gasteiger partial charge in [0.05, 0.1) is 21.8 Å². The average molecular weight is 250 g/mol. The normalized spacial score (nSPS) is 12.1. The van der Waals surface area contributed by atoms with E-state index in [2.05, 4.69) is 11.1 Å². The lowest BCUT2D eigenvalue weighted by Crippen LogP contribution is -2.35. The Morgan fingerprint density at radius 1 is 1.42 bits per heavy atom. The van der Waals surface area contributed by atoms with Crippen LogP contribution in [0.3, 0.4) is 0 Å². The van der Waals surface area contributed by atoms with E-state index in [1.165, 1.54) is 10.6 Å². The summed E-state index contributed by atoms with van der Waals surface area (Å²) in [5.41, 5.74) is 7.97. The number of fused-ring (bicyclic) bond motifs is 3. The van der Waals surface area contributed by atoms with Gasteiger partial charge in [0.25, 0.3) is 5.56 Å². The second-order valence-electron chi connectivity index (χ2n) is 4.26. The molecule has 5 heteroatoms. The van der Waals surface area contributed by atoms with Crippen LogP contribution in [0.4, 0.5) is 0 Å². The van der Waals surface area contributed by atoms with Gasteiger partial charge in [-0.3, -0.25) is 9.20 Å². The largest absolute Gasteiger partial charge is 0.404 e. The van der Waals surface area contributed by atoms with Crippen LogP contribution >= 0.6 is 0 Å². The number of nitrogens with two attached hydrogens (primary N) is 1. The third-order valence-electron chi connectivity index (χ3n) is 3.28. The fourth-order valence-electron chi connectivity index (χ4n) is 2.31. The molecule has 5 nitrogen and oxygen atoms in total. The Morgan fingerprint density at radius 2 is 2.16 bits per heavy atom. The maximum atomic E-state index is 12.4. The van der Waals surface area contributed by atoms with Gasteiger partial charge in [0.15, 0.2) is 5.65 Å². The number of imidazole rings is 1. The van der Waals surface area contributed by atoms with Crippen LogP contribution < -0.4 is 16.5 Å². The van der Waals surface area contributed by atoms with E-state index in [0.29, 0.717) is 33.0 Å². The van der Waals surface area contributed by atoms with Crippen LogP contribution in [0.2, 0.25) is 0 Å². The van der Waals surface area contributed by atoms with E-state index in [1.54, 1.807) is 13.0 Å². The highest BCUT2D eigenvalue weighted by molar-refractivity contribution is 5.82. The number of aromatic nitrogens is 2. The molecule has 0 atom stereocenters. The van der Waals surface area contributed by atoms with E-state index in [4.69, 9.17) is 5.73 Å². The smallest absolute Gasteiger partial charge is 0.265 e. The molecule has 0 aliphatic heterocycles. The van der Waals surface area contributed by atoms with Crippen LogP contribution in [0.15, 0.2) is 29.1 Å². The molecule has 0 saturated carbocycles. The zero-order chi connectivity index (χ0) is 13.6. The molecule has 3 aromatic rings. The van der Waals surface area contributed by atoms with Crippen molar-refractivity contribution in [1.29, 1.82) is 5.26 Å². The maximum Gasteiger partial charge on any atom is 0.265 e. The van der Waals surface area contributed by atoms with Crippen molar-refractivity contribution in [3.63, 3.8) is 0 Å². The third-order valence-corrected chi connectivity index (χ3v) is 3.28. The van der Waals surface area contributed by atoms with Gasteiger partial charge in [0.2, 0.25) is 0 Å². The first-order chi connectivity index (χ1) is 9.19. The van der Waals surface area contributed by atoms with Crippen molar-refractivity contribution in [2.75, 3.05) is 0 Å². The Labute approximate surface area is 108 Å². The Hall–Kier alpha value is -2.87. The van der Waals surface area contributed by atoms with Gasteiger partial charge >= 0.3 is 0 Å². The Kier molecular flexibility index (Phi) is 2.26. The molecule has 0 spiro atoms. The molecule has 2 aromatic heterocycles. The molecule has 0 fully saturated rings. The molecular weight excluding hydrogens is 240 g/mol. The Morgan fingerprint density at radius 3 is 2.84 bits per heavy atom. The van der Waals surface area contributed by atoms with Gasteiger partial charge in [-0.05, 0) is 24.6 Å². The zero-order valence-corrected chi connectivity index (χ0v) is 10.2. The van der Waals surface area contributed by atoms with Gasteiger partial charge in [-0.15, -0.1) is 0 Å². The van der Waals surface area contributed by atoms with E-state index in [1.807, 2.05) is 18.2 Å². The molecule has 2 N–H and O–H groups in total. The summed E-state index contributed by atoms with van der Waals surface area (Å²) in [5, 5.41) is 9.63. The number of nitrogens with zero attached hydrogens (tertiary/aromatic N) is 3. The summed E-state index contributed by atoms with van der Waals surface area (Å²) in [5.74, 6) is 0. The molecule has 2 heterocycles. The molecular formula is C14H10N4O. The molecule has 0 unspecified atom stereocenters. The number of hydrogen-bond acceptors (Lipinski definition) is 4. The number of benzene rings is 1. The summed E-state index contributed by atoms with van der Waals surface area (Å²) < 4.78 is 1.44. The van der Waals surface area contributed by atoms with Gasteiger partial charge in [-0.1, -0.05) is 12.1 Å². The molecule has 0 aliphatic carbocycles. The fourth-order valence-corrected chi connectivity index (χ4v) is 2.31. The van der Waals surface area contributed by atoms with Gasteiger partial charge in [0.1, 0.15) is 6.07 Å². The van der Waals surface area contributed by atoms with Crippen molar-refractivity contribution >= 4 is 22.9 Å². The lowest BCUT2D eigenvalue weighted by Gasteiger charge is -2.01. The van der Waals surface area contributed by atoms with Crippen molar-refractivity contribution in [2.24, 2.45) is 5.73 Å². The van der Waals surface area contributed by atoms with E-state index < -0.39 is 0 Å². The van der Waals surface area contributed by atoms with Crippen molar-refractivity contribution in [3.05, 3.63) is 51.0 Å². The SMILES string of the molecule is Cc1c(C#N)c2nc3ccccc3n2c(=O)/c1=C\N. The van der Waals surface area contributed by atoms with E-state index >= 15 is 0 Å². The molecule has 1 aromatic carbocycles. The standard InChI is InChI=1S/C14H10N4O/c1-8-9(6-15)13-17-11-4-2-3-5-12(11)18(13)14(19)10(8)7-16/h2-5,7H,16H2,1H3/b10-7-. The second-order valence-corrected chi connectivity index (χ2v) is 4.26. The monoisotopic (exact) mass is 250 g/mol.